The Labute approximate surface area is 145 Å². The van der Waals surface area contributed by atoms with E-state index in [-0.39, 0.29) is 0 Å². The molecule has 0 spiro atoms. The average Bonchev–Trinajstić information content (AvgIpc) is 2.58. The molecule has 0 aromatic heterocycles. The second-order valence-electron chi connectivity index (χ2n) is 7.12. The van der Waals surface area contributed by atoms with Crippen molar-refractivity contribution in [1.82, 2.24) is 10.9 Å². The molecule has 0 aliphatic heterocycles. The van der Waals surface area contributed by atoms with Crippen molar-refractivity contribution in [1.29, 1.82) is 0 Å². The van der Waals surface area contributed by atoms with Gasteiger partial charge in [-0.25, -0.2) is 5.43 Å². The van der Waals surface area contributed by atoms with Gasteiger partial charge >= 0.3 is 0 Å². The minimum absolute atomic E-state index is 0.455. The smallest absolute Gasteiger partial charge is 0.264 e. The summed E-state index contributed by atoms with van der Waals surface area (Å²) < 4.78 is 0. The molecule has 0 bridgehead atoms. The summed E-state index contributed by atoms with van der Waals surface area (Å²) >= 11 is 0. The van der Waals surface area contributed by atoms with Crippen LogP contribution in [0.25, 0.3) is 0 Å². The number of hydrogen-bond donors (Lipinski definition) is 4. The van der Waals surface area contributed by atoms with Crippen molar-refractivity contribution < 1.29 is 9.90 Å². The highest BCUT2D eigenvalue weighted by Crippen LogP contribution is 2.27. The van der Waals surface area contributed by atoms with Gasteiger partial charge in [-0.3, -0.25) is 10.2 Å². The Morgan fingerprint density at radius 2 is 2.00 bits per heavy atom. The number of rotatable bonds is 7. The van der Waals surface area contributed by atoms with Gasteiger partial charge in [0.15, 0.2) is 0 Å². The Kier molecular flexibility index (Phi) is 7.21. The Hall–Kier alpha value is -1.43. The van der Waals surface area contributed by atoms with Gasteiger partial charge in [-0.1, -0.05) is 55.9 Å². The van der Waals surface area contributed by atoms with E-state index in [9.17, 15) is 9.90 Å². The zero-order valence-corrected chi connectivity index (χ0v) is 14.8. The van der Waals surface area contributed by atoms with Gasteiger partial charge in [-0.15, -0.1) is 0 Å². The number of aliphatic hydroxyl groups is 1. The quantitative estimate of drug-likeness (QED) is 0.575. The minimum atomic E-state index is -1.17. The lowest BCUT2D eigenvalue weighted by Gasteiger charge is -2.26. The summed E-state index contributed by atoms with van der Waals surface area (Å²) in [5.41, 5.74) is 15.0. The van der Waals surface area contributed by atoms with Crippen LogP contribution in [0.4, 0.5) is 0 Å². The van der Waals surface area contributed by atoms with Gasteiger partial charge < -0.3 is 10.8 Å². The Morgan fingerprint density at radius 3 is 2.71 bits per heavy atom. The first-order valence-corrected chi connectivity index (χ1v) is 9.00. The van der Waals surface area contributed by atoms with Gasteiger partial charge in [0.05, 0.1) is 0 Å². The molecule has 134 valence electrons. The monoisotopic (exact) mass is 333 g/mol. The molecule has 5 heteroatoms. The first kappa shape index (κ1) is 18.9. The molecule has 2 atom stereocenters. The normalized spacial score (nSPS) is 18.2. The van der Waals surface area contributed by atoms with Crippen LogP contribution < -0.4 is 16.6 Å². The highest BCUT2D eigenvalue weighted by Gasteiger charge is 2.26. The fourth-order valence-corrected chi connectivity index (χ4v) is 3.42. The van der Waals surface area contributed by atoms with Crippen LogP contribution in [0.2, 0.25) is 0 Å². The zero-order valence-electron chi connectivity index (χ0n) is 14.8. The highest BCUT2D eigenvalue weighted by molar-refractivity contribution is 5.80. The van der Waals surface area contributed by atoms with Crippen molar-refractivity contribution in [2.75, 3.05) is 0 Å². The Morgan fingerprint density at radius 1 is 1.29 bits per heavy atom. The van der Waals surface area contributed by atoms with Crippen LogP contribution in [0.1, 0.15) is 55.2 Å². The van der Waals surface area contributed by atoms with Crippen molar-refractivity contribution in [3.8, 4) is 0 Å². The van der Waals surface area contributed by atoms with Gasteiger partial charge in [-0.05, 0) is 37.3 Å². The molecule has 1 aliphatic rings. The molecule has 2 rings (SSSR count). The first-order valence-electron chi connectivity index (χ1n) is 9.00. The molecule has 24 heavy (non-hydrogen) atoms. The maximum absolute atomic E-state index is 12.1. The summed E-state index contributed by atoms with van der Waals surface area (Å²) in [7, 11) is 0. The molecule has 0 radical (unpaired) electrons. The number of nitrogens with two attached hydrogens (primary N) is 1. The van der Waals surface area contributed by atoms with Gasteiger partial charge in [-0.2, -0.15) is 0 Å². The summed E-state index contributed by atoms with van der Waals surface area (Å²) in [6, 6.07) is 5.70. The molecule has 0 saturated heterocycles. The lowest BCUT2D eigenvalue weighted by Crippen LogP contribution is -2.51. The fourth-order valence-electron chi connectivity index (χ4n) is 3.42. The molecule has 0 heterocycles. The van der Waals surface area contributed by atoms with Crippen LogP contribution >= 0.6 is 0 Å². The molecule has 1 amide bonds. The zero-order chi connectivity index (χ0) is 17.5. The molecule has 1 saturated carbocycles. The molecular formula is C19H31N3O2. The van der Waals surface area contributed by atoms with Crippen LogP contribution in [0, 0.1) is 19.8 Å². The predicted octanol–water partition coefficient (Wildman–Crippen LogP) is 2.08. The summed E-state index contributed by atoms with van der Waals surface area (Å²) in [5.74, 6) is 0.0859. The Bertz CT molecular complexity index is 541. The average molecular weight is 333 g/mol. The third-order valence-corrected chi connectivity index (χ3v) is 5.00. The number of carbonyl (C=O) groups is 1. The summed E-state index contributed by atoms with van der Waals surface area (Å²) in [5, 5.41) is 10.1. The maximum Gasteiger partial charge on any atom is 0.264 e. The van der Waals surface area contributed by atoms with Gasteiger partial charge in [0.25, 0.3) is 5.91 Å². The Balaban J connectivity index is 1.75. The van der Waals surface area contributed by atoms with E-state index in [1.54, 1.807) is 0 Å². The number of hydrogen-bond acceptors (Lipinski definition) is 4. The van der Waals surface area contributed by atoms with Crippen molar-refractivity contribution in [3.05, 3.63) is 34.9 Å². The number of benzene rings is 1. The third-order valence-electron chi connectivity index (χ3n) is 5.00. The van der Waals surface area contributed by atoms with E-state index in [1.807, 2.05) is 13.8 Å². The second-order valence-corrected chi connectivity index (χ2v) is 7.12. The van der Waals surface area contributed by atoms with E-state index in [2.05, 4.69) is 29.1 Å². The molecular weight excluding hydrogens is 302 g/mol. The predicted molar refractivity (Wildman–Crippen MR) is 96.1 cm³/mol. The van der Waals surface area contributed by atoms with E-state index in [4.69, 9.17) is 5.73 Å². The lowest BCUT2D eigenvalue weighted by atomic mass is 9.84. The van der Waals surface area contributed by atoms with E-state index in [1.165, 1.54) is 24.8 Å². The lowest BCUT2D eigenvalue weighted by molar-refractivity contribution is -0.131. The van der Waals surface area contributed by atoms with Crippen LogP contribution in [0.3, 0.4) is 0 Å². The van der Waals surface area contributed by atoms with Gasteiger partial charge in [0.1, 0.15) is 6.10 Å². The summed E-state index contributed by atoms with van der Waals surface area (Å²) in [4.78, 5) is 12.1. The van der Waals surface area contributed by atoms with Crippen LogP contribution in [0.15, 0.2) is 18.2 Å². The summed E-state index contributed by atoms with van der Waals surface area (Å²) in [6.45, 7) is 4.59. The van der Waals surface area contributed by atoms with Crippen LogP contribution in [0.5, 0.6) is 0 Å². The standard InChI is InChI=1S/C19H31N3O2/c1-13-8-9-14(2)16(10-13)12-21-22-19(24)18(23)17(20)11-15-6-4-3-5-7-15/h8-10,15,17-18,21,23H,3-7,11-12,20H2,1-2H3,(H,22,24). The van der Waals surface area contributed by atoms with Gasteiger partial charge in [0, 0.05) is 12.6 Å². The molecule has 1 aromatic rings. The molecule has 1 aliphatic carbocycles. The van der Waals surface area contributed by atoms with Crippen molar-refractivity contribution >= 4 is 5.91 Å². The van der Waals surface area contributed by atoms with E-state index in [0.29, 0.717) is 18.9 Å². The number of nitrogens with one attached hydrogen (secondary N) is 2. The molecule has 1 aromatic carbocycles. The topological polar surface area (TPSA) is 87.4 Å². The molecule has 2 unspecified atom stereocenters. The number of hydrazine groups is 1. The molecule has 5 N–H and O–H groups in total. The van der Waals surface area contributed by atoms with Crippen molar-refractivity contribution in [3.63, 3.8) is 0 Å². The number of aliphatic hydroxyl groups excluding tert-OH is 1. The SMILES string of the molecule is Cc1ccc(C)c(CNNC(=O)C(O)C(N)CC2CCCCC2)c1. The van der Waals surface area contributed by atoms with E-state index in [0.717, 1.165) is 24.0 Å². The van der Waals surface area contributed by atoms with Crippen molar-refractivity contribution in [2.24, 2.45) is 11.7 Å². The first-order chi connectivity index (χ1) is 11.5. The number of carbonyl (C=O) groups excluding carboxylic acids is 1. The van der Waals surface area contributed by atoms with Gasteiger partial charge in [0.2, 0.25) is 0 Å². The van der Waals surface area contributed by atoms with Crippen LogP contribution in [-0.2, 0) is 11.3 Å². The third kappa shape index (κ3) is 5.58. The highest BCUT2D eigenvalue weighted by atomic mass is 16.3. The van der Waals surface area contributed by atoms with Crippen molar-refractivity contribution in [2.45, 2.75) is 71.1 Å². The fraction of sp³-hybridized carbons (Fsp3) is 0.632. The maximum atomic E-state index is 12.1. The summed E-state index contributed by atoms with van der Waals surface area (Å²) in [6.07, 6.45) is 5.62. The van der Waals surface area contributed by atoms with E-state index < -0.39 is 18.1 Å². The molecule has 5 nitrogen and oxygen atoms in total. The number of aryl methyl sites for hydroxylation is 2. The van der Waals surface area contributed by atoms with Crippen LogP contribution in [-0.4, -0.2) is 23.2 Å². The number of amides is 1. The molecule has 1 fully saturated rings. The van der Waals surface area contributed by atoms with E-state index >= 15 is 0 Å². The second kappa shape index (κ2) is 9.16. The largest absolute Gasteiger partial charge is 0.382 e. The minimum Gasteiger partial charge on any atom is -0.382 e.